The van der Waals surface area contributed by atoms with Crippen molar-refractivity contribution in [3.05, 3.63) is 33.7 Å². The number of aliphatic hydroxyl groups excluding tert-OH is 1. The average molecular weight is 227 g/mol. The summed E-state index contributed by atoms with van der Waals surface area (Å²) in [5.41, 5.74) is 1.34. The number of halogens is 1. The van der Waals surface area contributed by atoms with E-state index in [-0.39, 0.29) is 6.61 Å². The van der Waals surface area contributed by atoms with Crippen molar-refractivity contribution in [2.45, 2.75) is 6.61 Å². The van der Waals surface area contributed by atoms with Gasteiger partial charge in [0.2, 0.25) is 0 Å². The Morgan fingerprint density at radius 1 is 1.50 bits per heavy atom. The van der Waals surface area contributed by atoms with Crippen LogP contribution in [0, 0.1) is 0 Å². The molecule has 0 aliphatic carbocycles. The van der Waals surface area contributed by atoms with Gasteiger partial charge in [-0.1, -0.05) is 11.6 Å². The number of benzene rings is 1. The number of hydrogen-bond donors (Lipinski definition) is 1. The highest BCUT2D eigenvalue weighted by molar-refractivity contribution is 7.17. The fourth-order valence-electron chi connectivity index (χ4n) is 1.32. The van der Waals surface area contributed by atoms with Crippen molar-refractivity contribution in [2.24, 2.45) is 0 Å². The van der Waals surface area contributed by atoms with Crippen LogP contribution in [0.1, 0.15) is 15.9 Å². The fraction of sp³-hybridized carbons (Fsp3) is 0.100. The molecule has 0 saturated carbocycles. The molecule has 0 aliphatic heterocycles. The van der Waals surface area contributed by atoms with Crippen LogP contribution >= 0.6 is 22.9 Å². The van der Waals surface area contributed by atoms with Crippen LogP contribution in [0.3, 0.4) is 0 Å². The number of carbonyl (C=O) groups is 1. The predicted molar refractivity (Wildman–Crippen MR) is 58.1 cm³/mol. The van der Waals surface area contributed by atoms with Gasteiger partial charge in [-0.2, -0.15) is 0 Å². The highest BCUT2D eigenvalue weighted by atomic mass is 35.5. The summed E-state index contributed by atoms with van der Waals surface area (Å²) < 4.78 is 0.973. The molecule has 1 aromatic heterocycles. The standard InChI is InChI=1S/C10H7ClO2S/c11-9-2-8-7(4-13)5-14-10(8)1-6(9)3-12/h1-2,4-5,12H,3H2. The van der Waals surface area contributed by atoms with Gasteiger partial charge >= 0.3 is 0 Å². The lowest BCUT2D eigenvalue weighted by Crippen LogP contribution is -1.84. The third-order valence-corrected chi connectivity index (χ3v) is 3.39. The summed E-state index contributed by atoms with van der Waals surface area (Å²) in [6.45, 7) is -0.0803. The van der Waals surface area contributed by atoms with Gasteiger partial charge in [0.25, 0.3) is 0 Å². The van der Waals surface area contributed by atoms with E-state index < -0.39 is 0 Å². The summed E-state index contributed by atoms with van der Waals surface area (Å²) >= 11 is 7.39. The van der Waals surface area contributed by atoms with Crippen LogP contribution in [-0.2, 0) is 6.61 Å². The highest BCUT2D eigenvalue weighted by Crippen LogP contribution is 2.30. The maximum absolute atomic E-state index is 10.7. The first-order valence-corrected chi connectivity index (χ1v) is 5.27. The number of aldehydes is 1. The number of fused-ring (bicyclic) bond motifs is 1. The Hall–Kier alpha value is -0.900. The quantitative estimate of drug-likeness (QED) is 0.800. The highest BCUT2D eigenvalue weighted by Gasteiger charge is 2.07. The first kappa shape index (κ1) is 9.65. The van der Waals surface area contributed by atoms with Crippen LogP contribution < -0.4 is 0 Å². The third-order valence-electron chi connectivity index (χ3n) is 2.07. The normalized spacial score (nSPS) is 10.7. The summed E-state index contributed by atoms with van der Waals surface area (Å²) in [7, 11) is 0. The van der Waals surface area contributed by atoms with E-state index in [9.17, 15) is 4.79 Å². The maximum atomic E-state index is 10.7. The minimum absolute atomic E-state index is 0.0803. The summed E-state index contributed by atoms with van der Waals surface area (Å²) in [6, 6.07) is 3.54. The Morgan fingerprint density at radius 3 is 2.93 bits per heavy atom. The molecule has 0 radical (unpaired) electrons. The molecule has 1 N–H and O–H groups in total. The van der Waals surface area contributed by atoms with Gasteiger partial charge in [-0.25, -0.2) is 0 Å². The second kappa shape index (κ2) is 3.69. The first-order valence-electron chi connectivity index (χ1n) is 4.02. The van der Waals surface area contributed by atoms with Crippen LogP contribution in [0.15, 0.2) is 17.5 Å². The van der Waals surface area contributed by atoms with E-state index in [1.807, 2.05) is 6.07 Å². The van der Waals surface area contributed by atoms with Gasteiger partial charge < -0.3 is 5.11 Å². The zero-order chi connectivity index (χ0) is 10.1. The Labute approximate surface area is 89.7 Å². The summed E-state index contributed by atoms with van der Waals surface area (Å²) in [6.07, 6.45) is 0.813. The van der Waals surface area contributed by atoms with Gasteiger partial charge in [0.1, 0.15) is 0 Å². The molecule has 1 heterocycles. The van der Waals surface area contributed by atoms with Crippen LogP contribution in [-0.4, -0.2) is 11.4 Å². The lowest BCUT2D eigenvalue weighted by Gasteiger charge is -2.00. The van der Waals surface area contributed by atoms with Gasteiger partial charge in [0.05, 0.1) is 6.61 Å². The third kappa shape index (κ3) is 1.43. The summed E-state index contributed by atoms with van der Waals surface area (Å²) in [4.78, 5) is 10.7. The maximum Gasteiger partial charge on any atom is 0.151 e. The van der Waals surface area contributed by atoms with Gasteiger partial charge in [-0.15, -0.1) is 11.3 Å². The van der Waals surface area contributed by atoms with Crippen molar-refractivity contribution in [1.29, 1.82) is 0 Å². The van der Waals surface area contributed by atoms with Crippen molar-refractivity contribution in [3.63, 3.8) is 0 Å². The SMILES string of the molecule is O=Cc1csc2cc(CO)c(Cl)cc12. The molecule has 0 amide bonds. The molecule has 2 rings (SSSR count). The van der Waals surface area contributed by atoms with E-state index in [0.717, 1.165) is 16.4 Å². The minimum atomic E-state index is -0.0803. The Balaban J connectivity index is 2.75. The molecule has 0 fully saturated rings. The Kier molecular flexibility index (Phi) is 2.54. The molecule has 1 aromatic carbocycles. The number of rotatable bonds is 2. The zero-order valence-electron chi connectivity index (χ0n) is 7.16. The molecule has 4 heteroatoms. The number of aliphatic hydroxyl groups is 1. The lowest BCUT2D eigenvalue weighted by atomic mass is 10.1. The largest absolute Gasteiger partial charge is 0.392 e. The summed E-state index contributed by atoms with van der Waals surface area (Å²) in [5, 5.41) is 12.1. The number of thiophene rings is 1. The van der Waals surface area contributed by atoms with E-state index in [1.165, 1.54) is 11.3 Å². The van der Waals surface area contributed by atoms with Crippen LogP contribution in [0.25, 0.3) is 10.1 Å². The van der Waals surface area contributed by atoms with E-state index >= 15 is 0 Å². The minimum Gasteiger partial charge on any atom is -0.392 e. The van der Waals surface area contributed by atoms with Gasteiger partial charge in [0.15, 0.2) is 6.29 Å². The van der Waals surface area contributed by atoms with Crippen LogP contribution in [0.2, 0.25) is 5.02 Å². The lowest BCUT2D eigenvalue weighted by molar-refractivity contribution is 0.112. The van der Waals surface area contributed by atoms with E-state index in [4.69, 9.17) is 16.7 Å². The summed E-state index contributed by atoms with van der Waals surface area (Å²) in [5.74, 6) is 0. The van der Waals surface area contributed by atoms with E-state index in [0.29, 0.717) is 16.1 Å². The van der Waals surface area contributed by atoms with Crippen molar-refractivity contribution in [1.82, 2.24) is 0 Å². The molecule has 0 saturated heterocycles. The first-order chi connectivity index (χ1) is 6.76. The molecular formula is C10H7ClO2S. The second-order valence-corrected chi connectivity index (χ2v) is 4.23. The van der Waals surface area contributed by atoms with Gasteiger partial charge in [-0.3, -0.25) is 4.79 Å². The monoisotopic (exact) mass is 226 g/mol. The second-order valence-electron chi connectivity index (χ2n) is 2.91. The average Bonchev–Trinajstić information content (AvgIpc) is 2.58. The van der Waals surface area contributed by atoms with E-state index in [2.05, 4.69) is 0 Å². The van der Waals surface area contributed by atoms with Crippen molar-refractivity contribution in [2.75, 3.05) is 0 Å². The molecule has 0 bridgehead atoms. The van der Waals surface area contributed by atoms with Crippen molar-refractivity contribution in [3.8, 4) is 0 Å². The Morgan fingerprint density at radius 2 is 2.29 bits per heavy atom. The number of hydrogen-bond acceptors (Lipinski definition) is 3. The van der Waals surface area contributed by atoms with Crippen LogP contribution in [0.4, 0.5) is 0 Å². The van der Waals surface area contributed by atoms with E-state index in [1.54, 1.807) is 11.4 Å². The smallest absolute Gasteiger partial charge is 0.151 e. The zero-order valence-corrected chi connectivity index (χ0v) is 8.73. The van der Waals surface area contributed by atoms with Crippen molar-refractivity contribution < 1.29 is 9.90 Å². The molecule has 0 aliphatic rings. The Bertz CT molecular complexity index is 490. The van der Waals surface area contributed by atoms with Gasteiger partial charge in [-0.05, 0) is 17.7 Å². The molecule has 2 nitrogen and oxygen atoms in total. The topological polar surface area (TPSA) is 37.3 Å². The van der Waals surface area contributed by atoms with Crippen molar-refractivity contribution >= 4 is 39.3 Å². The predicted octanol–water partition coefficient (Wildman–Crippen LogP) is 2.86. The molecule has 0 spiro atoms. The molecule has 2 aromatic rings. The molecular weight excluding hydrogens is 220 g/mol. The van der Waals surface area contributed by atoms with Crippen LogP contribution in [0.5, 0.6) is 0 Å². The molecule has 72 valence electrons. The molecule has 0 atom stereocenters. The molecule has 14 heavy (non-hydrogen) atoms. The molecule has 0 unspecified atom stereocenters. The number of carbonyl (C=O) groups excluding carboxylic acids is 1. The fourth-order valence-corrected chi connectivity index (χ4v) is 2.50. The van der Waals surface area contributed by atoms with Gasteiger partial charge in [0, 0.05) is 26.1 Å².